The van der Waals surface area contributed by atoms with E-state index in [4.69, 9.17) is 0 Å². The average Bonchev–Trinajstić information content (AvgIpc) is 3.08. The first-order valence-corrected chi connectivity index (χ1v) is 9.94. The van der Waals surface area contributed by atoms with Crippen LogP contribution in [0.25, 0.3) is 0 Å². The van der Waals surface area contributed by atoms with Crippen molar-refractivity contribution in [2.75, 3.05) is 5.32 Å². The Morgan fingerprint density at radius 3 is 2.33 bits per heavy atom. The Hall–Kier alpha value is -2.53. The second-order valence-electron chi connectivity index (χ2n) is 7.80. The van der Waals surface area contributed by atoms with Crippen molar-refractivity contribution in [3.63, 3.8) is 0 Å². The Bertz CT molecular complexity index is 895. The average molecular weight is 380 g/mol. The maximum Gasteiger partial charge on any atom is 0.257 e. The molecule has 1 N–H and O–H groups in total. The number of aromatic nitrogens is 2. The van der Waals surface area contributed by atoms with Gasteiger partial charge in [0.2, 0.25) is 5.13 Å². The molecule has 1 amide bonds. The first kappa shape index (κ1) is 19.2. The first-order valence-electron chi connectivity index (χ1n) is 9.12. The quantitative estimate of drug-likeness (QED) is 0.643. The van der Waals surface area contributed by atoms with Gasteiger partial charge in [0.25, 0.3) is 5.91 Å². The monoisotopic (exact) mass is 379 g/mol. The topological polar surface area (TPSA) is 54.9 Å². The molecule has 1 heterocycles. The van der Waals surface area contributed by atoms with Crippen molar-refractivity contribution in [2.24, 2.45) is 0 Å². The summed E-state index contributed by atoms with van der Waals surface area (Å²) < 4.78 is 0. The highest BCUT2D eigenvalue weighted by molar-refractivity contribution is 7.15. The molecule has 4 nitrogen and oxygen atoms in total. The summed E-state index contributed by atoms with van der Waals surface area (Å²) in [5.41, 5.74) is 3.17. The summed E-state index contributed by atoms with van der Waals surface area (Å²) in [6.07, 6.45) is 0.803. The van der Waals surface area contributed by atoms with Gasteiger partial charge < -0.3 is 0 Å². The van der Waals surface area contributed by atoms with Crippen LogP contribution in [-0.2, 0) is 11.8 Å². The molecular formula is C22H25N3OS. The summed E-state index contributed by atoms with van der Waals surface area (Å²) in [6.45, 7) is 8.63. The Kier molecular flexibility index (Phi) is 5.71. The van der Waals surface area contributed by atoms with Crippen LogP contribution >= 0.6 is 11.3 Å². The number of carbonyl (C=O) groups is 1. The van der Waals surface area contributed by atoms with Crippen molar-refractivity contribution >= 4 is 22.4 Å². The first-order chi connectivity index (χ1) is 12.8. The largest absolute Gasteiger partial charge is 0.296 e. The Morgan fingerprint density at radius 1 is 1.04 bits per heavy atom. The number of carbonyl (C=O) groups excluding carboxylic acids is 1. The van der Waals surface area contributed by atoms with Gasteiger partial charge in [-0.1, -0.05) is 81.5 Å². The van der Waals surface area contributed by atoms with E-state index in [1.165, 1.54) is 22.5 Å². The smallest absolute Gasteiger partial charge is 0.257 e. The Balaban J connectivity index is 1.62. The van der Waals surface area contributed by atoms with E-state index >= 15 is 0 Å². The fraction of sp³-hybridized carbons (Fsp3) is 0.318. The third kappa shape index (κ3) is 5.01. The van der Waals surface area contributed by atoms with E-state index in [1.54, 1.807) is 0 Å². The number of amides is 1. The summed E-state index contributed by atoms with van der Waals surface area (Å²) in [6, 6.07) is 18.1. The van der Waals surface area contributed by atoms with Gasteiger partial charge in [0.1, 0.15) is 5.01 Å². The zero-order valence-corrected chi connectivity index (χ0v) is 17.0. The van der Waals surface area contributed by atoms with Gasteiger partial charge in [-0.25, -0.2) is 0 Å². The molecule has 0 fully saturated rings. The second-order valence-corrected chi connectivity index (χ2v) is 8.86. The summed E-state index contributed by atoms with van der Waals surface area (Å²) in [5, 5.41) is 12.7. The van der Waals surface area contributed by atoms with E-state index in [0.29, 0.717) is 16.6 Å². The van der Waals surface area contributed by atoms with Crippen LogP contribution in [0.1, 0.15) is 60.1 Å². The fourth-order valence-corrected chi connectivity index (χ4v) is 3.70. The second kappa shape index (κ2) is 8.01. The van der Waals surface area contributed by atoms with Crippen LogP contribution in [0.5, 0.6) is 0 Å². The van der Waals surface area contributed by atoms with Crippen molar-refractivity contribution in [3.05, 3.63) is 76.3 Å². The van der Waals surface area contributed by atoms with Crippen molar-refractivity contribution < 1.29 is 4.79 Å². The van der Waals surface area contributed by atoms with Crippen LogP contribution in [0, 0.1) is 0 Å². The van der Waals surface area contributed by atoms with E-state index in [1.807, 2.05) is 42.5 Å². The van der Waals surface area contributed by atoms with Crippen molar-refractivity contribution in [3.8, 4) is 0 Å². The van der Waals surface area contributed by atoms with Crippen molar-refractivity contribution in [1.29, 1.82) is 0 Å². The molecular weight excluding hydrogens is 354 g/mol. The summed E-state index contributed by atoms with van der Waals surface area (Å²) in [4.78, 5) is 12.5. The molecule has 1 unspecified atom stereocenters. The highest BCUT2D eigenvalue weighted by atomic mass is 32.1. The minimum atomic E-state index is -0.158. The maximum absolute atomic E-state index is 12.5. The molecule has 0 saturated carbocycles. The SMILES string of the molecule is CC(Cc1nnc(NC(=O)c2ccc(C(C)(C)C)cc2)s1)c1ccccc1. The van der Waals surface area contributed by atoms with Crippen LogP contribution in [-0.4, -0.2) is 16.1 Å². The minimum Gasteiger partial charge on any atom is -0.296 e. The summed E-state index contributed by atoms with van der Waals surface area (Å²) in [5.74, 6) is 0.196. The number of hydrogen-bond donors (Lipinski definition) is 1. The van der Waals surface area contributed by atoms with E-state index in [-0.39, 0.29) is 11.3 Å². The summed E-state index contributed by atoms with van der Waals surface area (Å²) >= 11 is 1.43. The predicted molar refractivity (Wildman–Crippen MR) is 112 cm³/mol. The van der Waals surface area contributed by atoms with Crippen molar-refractivity contribution in [1.82, 2.24) is 10.2 Å². The Labute approximate surface area is 164 Å². The standard InChI is InChI=1S/C22H25N3OS/c1-15(16-8-6-5-7-9-16)14-19-24-25-21(27-19)23-20(26)17-10-12-18(13-11-17)22(2,3)4/h5-13,15H,14H2,1-4H3,(H,23,25,26). The number of nitrogens with one attached hydrogen (secondary N) is 1. The van der Waals surface area contributed by atoms with Crippen LogP contribution in [0.3, 0.4) is 0 Å². The number of anilines is 1. The van der Waals surface area contributed by atoms with Gasteiger partial charge >= 0.3 is 0 Å². The fourth-order valence-electron chi connectivity index (χ4n) is 2.84. The van der Waals surface area contributed by atoms with Gasteiger partial charge in [-0.2, -0.15) is 0 Å². The predicted octanol–water partition coefficient (Wildman–Crippen LogP) is 5.43. The van der Waals surface area contributed by atoms with E-state index in [9.17, 15) is 4.79 Å². The third-order valence-electron chi connectivity index (χ3n) is 4.55. The highest BCUT2D eigenvalue weighted by Crippen LogP contribution is 2.25. The van der Waals surface area contributed by atoms with Gasteiger partial charge in [-0.3, -0.25) is 10.1 Å². The molecule has 0 aliphatic carbocycles. The highest BCUT2D eigenvalue weighted by Gasteiger charge is 2.16. The van der Waals surface area contributed by atoms with Crippen LogP contribution in [0.4, 0.5) is 5.13 Å². The lowest BCUT2D eigenvalue weighted by atomic mass is 9.87. The molecule has 3 rings (SSSR count). The lowest BCUT2D eigenvalue weighted by molar-refractivity contribution is 0.102. The molecule has 1 aromatic heterocycles. The molecule has 5 heteroatoms. The number of benzene rings is 2. The Morgan fingerprint density at radius 2 is 1.70 bits per heavy atom. The van der Waals surface area contributed by atoms with E-state index in [2.05, 4.69) is 55.3 Å². The molecule has 0 saturated heterocycles. The zero-order valence-electron chi connectivity index (χ0n) is 16.2. The minimum absolute atomic E-state index is 0.0680. The van der Waals surface area contributed by atoms with E-state index < -0.39 is 0 Å². The molecule has 3 aromatic rings. The van der Waals surface area contributed by atoms with Crippen LogP contribution in [0.15, 0.2) is 54.6 Å². The van der Waals surface area contributed by atoms with Gasteiger partial charge in [0.15, 0.2) is 0 Å². The van der Waals surface area contributed by atoms with Gasteiger partial charge in [-0.05, 0) is 34.6 Å². The lowest BCUT2D eigenvalue weighted by Crippen LogP contribution is -2.14. The number of hydrogen-bond acceptors (Lipinski definition) is 4. The normalized spacial score (nSPS) is 12.6. The van der Waals surface area contributed by atoms with Gasteiger partial charge in [0.05, 0.1) is 0 Å². The third-order valence-corrected chi connectivity index (χ3v) is 5.41. The van der Waals surface area contributed by atoms with Gasteiger partial charge in [0, 0.05) is 12.0 Å². The molecule has 0 spiro atoms. The molecule has 27 heavy (non-hydrogen) atoms. The molecule has 2 aromatic carbocycles. The van der Waals surface area contributed by atoms with Gasteiger partial charge in [-0.15, -0.1) is 10.2 Å². The van der Waals surface area contributed by atoms with E-state index in [0.717, 1.165) is 11.4 Å². The molecule has 0 aliphatic rings. The molecule has 1 atom stereocenters. The zero-order chi connectivity index (χ0) is 19.4. The molecule has 0 radical (unpaired) electrons. The molecule has 140 valence electrons. The van der Waals surface area contributed by atoms with Crippen LogP contribution < -0.4 is 5.32 Å². The lowest BCUT2D eigenvalue weighted by Gasteiger charge is -2.18. The van der Waals surface area contributed by atoms with Crippen molar-refractivity contribution in [2.45, 2.75) is 45.4 Å². The van der Waals surface area contributed by atoms with Crippen LogP contribution in [0.2, 0.25) is 0 Å². The maximum atomic E-state index is 12.5. The number of rotatable bonds is 5. The number of nitrogens with zero attached hydrogens (tertiary/aromatic N) is 2. The molecule has 0 bridgehead atoms. The summed E-state index contributed by atoms with van der Waals surface area (Å²) in [7, 11) is 0. The molecule has 0 aliphatic heterocycles.